The topological polar surface area (TPSA) is 41.6 Å². The Balaban J connectivity index is 0.00000200. The first-order valence-electron chi connectivity index (χ1n) is 7.11. The van der Waals surface area contributed by atoms with E-state index in [1.54, 1.807) is 4.90 Å². The Hall–Kier alpha value is -0.550. The van der Waals surface area contributed by atoms with Crippen LogP contribution in [0.5, 0.6) is 0 Å². The molecule has 118 valence electrons. The monoisotopic (exact) mass is 308 g/mol. The third-order valence-corrected chi connectivity index (χ3v) is 4.33. The number of carbonyl (C=O) groups is 1. The molecule has 1 amide bonds. The molecule has 1 unspecified atom stereocenters. The molecule has 2 aliphatic heterocycles. The van der Waals surface area contributed by atoms with Gasteiger partial charge >= 0.3 is 6.09 Å². The Morgan fingerprint density at radius 2 is 2.00 bits per heavy atom. The number of piperidine rings is 1. The number of rotatable bonds is 1. The van der Waals surface area contributed by atoms with Gasteiger partial charge in [-0.2, -0.15) is 0 Å². The number of alkyl halides is 1. The van der Waals surface area contributed by atoms with Crippen molar-refractivity contribution in [2.75, 3.05) is 32.9 Å². The Bertz CT molecular complexity index is 339. The van der Waals surface area contributed by atoms with Gasteiger partial charge < -0.3 is 15.0 Å². The summed E-state index contributed by atoms with van der Waals surface area (Å²) in [5.41, 5.74) is -0.407. The predicted octanol–water partition coefficient (Wildman–Crippen LogP) is 2.61. The zero-order valence-electron chi connectivity index (χ0n) is 12.6. The molecule has 0 bridgehead atoms. The first kappa shape index (κ1) is 17.5. The summed E-state index contributed by atoms with van der Waals surface area (Å²) in [6.45, 7) is 8.34. The molecular weight excluding hydrogens is 283 g/mol. The summed E-state index contributed by atoms with van der Waals surface area (Å²) < 4.78 is 18.4. The summed E-state index contributed by atoms with van der Waals surface area (Å²) in [6, 6.07) is 0. The van der Waals surface area contributed by atoms with E-state index in [1.165, 1.54) is 0 Å². The Morgan fingerprint density at radius 1 is 1.40 bits per heavy atom. The number of carbonyl (C=O) groups excluding carboxylic acids is 1. The van der Waals surface area contributed by atoms with E-state index < -0.39 is 5.60 Å². The Labute approximate surface area is 126 Å². The van der Waals surface area contributed by atoms with Crippen LogP contribution in [0.2, 0.25) is 0 Å². The van der Waals surface area contributed by atoms with Gasteiger partial charge in [-0.1, -0.05) is 0 Å². The lowest BCUT2D eigenvalue weighted by atomic mass is 9.71. The van der Waals surface area contributed by atoms with E-state index in [0.29, 0.717) is 13.1 Å². The van der Waals surface area contributed by atoms with Crippen LogP contribution in [0.3, 0.4) is 0 Å². The molecule has 4 nitrogen and oxygen atoms in total. The molecule has 0 aromatic rings. The highest BCUT2D eigenvalue weighted by Crippen LogP contribution is 2.41. The molecule has 1 spiro atoms. The normalized spacial score (nSPS) is 25.4. The van der Waals surface area contributed by atoms with Gasteiger partial charge in [-0.3, -0.25) is 4.39 Å². The number of hydrogen-bond donors (Lipinski definition) is 1. The van der Waals surface area contributed by atoms with Gasteiger partial charge in [-0.05, 0) is 39.0 Å². The molecule has 0 radical (unpaired) electrons. The van der Waals surface area contributed by atoms with Gasteiger partial charge in [0.2, 0.25) is 0 Å². The van der Waals surface area contributed by atoms with Crippen molar-refractivity contribution >= 4 is 18.5 Å². The molecule has 2 aliphatic rings. The maximum absolute atomic E-state index is 13.1. The van der Waals surface area contributed by atoms with E-state index >= 15 is 0 Å². The highest BCUT2D eigenvalue weighted by molar-refractivity contribution is 5.85. The third-order valence-electron chi connectivity index (χ3n) is 4.33. The summed E-state index contributed by atoms with van der Waals surface area (Å²) in [6.07, 6.45) is 1.49. The van der Waals surface area contributed by atoms with Crippen LogP contribution in [-0.2, 0) is 4.74 Å². The van der Waals surface area contributed by atoms with Crippen LogP contribution in [0.25, 0.3) is 0 Å². The largest absolute Gasteiger partial charge is 0.444 e. The van der Waals surface area contributed by atoms with Crippen LogP contribution in [0.15, 0.2) is 0 Å². The Morgan fingerprint density at radius 3 is 2.50 bits per heavy atom. The number of ether oxygens (including phenoxy) is 1. The van der Waals surface area contributed by atoms with Gasteiger partial charge in [0.25, 0.3) is 0 Å². The van der Waals surface area contributed by atoms with E-state index in [4.69, 9.17) is 4.74 Å². The van der Waals surface area contributed by atoms with Crippen molar-refractivity contribution in [2.45, 2.75) is 39.2 Å². The molecule has 1 atom stereocenters. The van der Waals surface area contributed by atoms with E-state index in [9.17, 15) is 9.18 Å². The fourth-order valence-corrected chi connectivity index (χ4v) is 3.12. The molecule has 0 saturated carbocycles. The van der Waals surface area contributed by atoms with Gasteiger partial charge in [-0.15, -0.1) is 12.4 Å². The van der Waals surface area contributed by atoms with Crippen molar-refractivity contribution in [2.24, 2.45) is 11.3 Å². The van der Waals surface area contributed by atoms with Crippen LogP contribution < -0.4 is 5.32 Å². The third kappa shape index (κ3) is 3.76. The van der Waals surface area contributed by atoms with Gasteiger partial charge in [0.15, 0.2) is 0 Å². The summed E-state index contributed by atoms with van der Waals surface area (Å²) in [5.74, 6) is 0.105. The summed E-state index contributed by atoms with van der Waals surface area (Å²) in [7, 11) is 0. The minimum absolute atomic E-state index is 0. The number of nitrogens with one attached hydrogen (secondary N) is 1. The number of halogens is 2. The zero-order chi connectivity index (χ0) is 14.1. The van der Waals surface area contributed by atoms with Crippen LogP contribution in [0, 0.1) is 11.3 Å². The molecular formula is C14H26ClFN2O2. The SMILES string of the molecule is CC(C)(C)OC(=O)N1CCC2(CC1)CNCC2CF.Cl. The fourth-order valence-electron chi connectivity index (χ4n) is 3.12. The van der Waals surface area contributed by atoms with Crippen molar-refractivity contribution in [3.8, 4) is 0 Å². The summed E-state index contributed by atoms with van der Waals surface area (Å²) in [4.78, 5) is 13.7. The minimum atomic E-state index is -0.456. The summed E-state index contributed by atoms with van der Waals surface area (Å²) >= 11 is 0. The number of likely N-dealkylation sites (tertiary alicyclic amines) is 1. The smallest absolute Gasteiger partial charge is 0.410 e. The second-order valence-electron chi connectivity index (χ2n) is 6.81. The van der Waals surface area contributed by atoms with Crippen LogP contribution in [0.1, 0.15) is 33.6 Å². The first-order chi connectivity index (χ1) is 8.86. The molecule has 1 N–H and O–H groups in total. The van der Waals surface area contributed by atoms with E-state index in [0.717, 1.165) is 25.9 Å². The molecule has 2 heterocycles. The van der Waals surface area contributed by atoms with Crippen LogP contribution in [0.4, 0.5) is 9.18 Å². The van der Waals surface area contributed by atoms with E-state index in [-0.39, 0.29) is 36.5 Å². The zero-order valence-corrected chi connectivity index (χ0v) is 13.4. The predicted molar refractivity (Wildman–Crippen MR) is 79.1 cm³/mol. The lowest BCUT2D eigenvalue weighted by Crippen LogP contribution is -2.48. The van der Waals surface area contributed by atoms with Crippen LogP contribution >= 0.6 is 12.4 Å². The average Bonchev–Trinajstić information content (AvgIpc) is 2.70. The van der Waals surface area contributed by atoms with Crippen molar-refractivity contribution in [3.63, 3.8) is 0 Å². The second-order valence-corrected chi connectivity index (χ2v) is 6.81. The number of nitrogens with zero attached hydrogens (tertiary/aromatic N) is 1. The van der Waals surface area contributed by atoms with Gasteiger partial charge in [0.1, 0.15) is 5.60 Å². The second kappa shape index (κ2) is 6.48. The van der Waals surface area contributed by atoms with Gasteiger partial charge in [0, 0.05) is 32.1 Å². The molecule has 0 aromatic heterocycles. The summed E-state index contributed by atoms with van der Waals surface area (Å²) in [5, 5.41) is 3.29. The molecule has 6 heteroatoms. The Kier molecular flexibility index (Phi) is 5.67. The maximum Gasteiger partial charge on any atom is 0.410 e. The molecule has 2 saturated heterocycles. The lowest BCUT2D eigenvalue weighted by molar-refractivity contribution is 0.00534. The molecule has 2 rings (SSSR count). The minimum Gasteiger partial charge on any atom is -0.444 e. The fraction of sp³-hybridized carbons (Fsp3) is 0.929. The van der Waals surface area contributed by atoms with Crippen molar-refractivity contribution in [3.05, 3.63) is 0 Å². The van der Waals surface area contributed by atoms with Crippen molar-refractivity contribution < 1.29 is 13.9 Å². The van der Waals surface area contributed by atoms with Crippen LogP contribution in [-0.4, -0.2) is 49.4 Å². The molecule has 20 heavy (non-hydrogen) atoms. The molecule has 2 fully saturated rings. The standard InChI is InChI=1S/C14H25FN2O2.ClH/c1-13(2,3)19-12(18)17-6-4-14(5-7-17)10-16-9-11(14)8-15;/h11,16H,4-10H2,1-3H3;1H. The highest BCUT2D eigenvalue weighted by Gasteiger charge is 2.45. The van der Waals surface area contributed by atoms with Crippen molar-refractivity contribution in [1.82, 2.24) is 10.2 Å². The number of hydrogen-bond acceptors (Lipinski definition) is 3. The van der Waals surface area contributed by atoms with E-state index in [2.05, 4.69) is 5.32 Å². The van der Waals surface area contributed by atoms with Crippen molar-refractivity contribution in [1.29, 1.82) is 0 Å². The maximum atomic E-state index is 13.1. The van der Waals surface area contributed by atoms with E-state index in [1.807, 2.05) is 20.8 Å². The number of amides is 1. The molecule has 0 aromatic carbocycles. The van der Waals surface area contributed by atoms with Gasteiger partial charge in [-0.25, -0.2) is 4.79 Å². The molecule has 0 aliphatic carbocycles. The first-order valence-corrected chi connectivity index (χ1v) is 7.11. The quantitative estimate of drug-likeness (QED) is 0.809. The average molecular weight is 309 g/mol. The van der Waals surface area contributed by atoms with Gasteiger partial charge in [0.05, 0.1) is 6.67 Å². The lowest BCUT2D eigenvalue weighted by Gasteiger charge is -2.42. The highest BCUT2D eigenvalue weighted by atomic mass is 35.5.